The summed E-state index contributed by atoms with van der Waals surface area (Å²) in [5.74, 6) is -0.185. The standard InChI is InChI=1S/C57H107NO8/c1-3-5-7-9-11-13-15-17-18-19-20-21-22-23-24-25-26-27-28-29-30-31-32-33-34-35-37-39-41-43-45-47-53(61)58-50(49-65-57-56(64)55(63)54(62)52(48-59)66-57)51(60)46-44-42-40-38-36-16-14-12-10-8-6-4-2/h23-24,36,38,44,46,50-52,54-57,59-60,62-64H,3-22,25-35,37,39-43,45,47-49H2,1-2H3,(H,58,61)/b24-23-,38-36+,46-44+. The third-order valence-electron chi connectivity index (χ3n) is 13.4. The molecule has 1 aliphatic heterocycles. The second-order valence-electron chi connectivity index (χ2n) is 19.7. The summed E-state index contributed by atoms with van der Waals surface area (Å²) in [5.41, 5.74) is 0. The molecule has 0 radical (unpaired) electrons. The summed E-state index contributed by atoms with van der Waals surface area (Å²) in [6.07, 6.45) is 53.8. The summed E-state index contributed by atoms with van der Waals surface area (Å²) >= 11 is 0. The lowest BCUT2D eigenvalue weighted by atomic mass is 9.99. The van der Waals surface area contributed by atoms with Gasteiger partial charge in [-0.2, -0.15) is 0 Å². The number of rotatable bonds is 48. The van der Waals surface area contributed by atoms with E-state index in [0.717, 1.165) is 38.5 Å². The Morgan fingerprint density at radius 2 is 0.864 bits per heavy atom. The van der Waals surface area contributed by atoms with Gasteiger partial charge in [0.25, 0.3) is 0 Å². The summed E-state index contributed by atoms with van der Waals surface area (Å²) in [5, 5.41) is 54.3. The first kappa shape index (κ1) is 62.4. The molecule has 1 saturated heterocycles. The van der Waals surface area contributed by atoms with Crippen molar-refractivity contribution < 1.29 is 39.8 Å². The lowest BCUT2D eigenvalue weighted by Gasteiger charge is -2.40. The Kier molecular flexibility index (Phi) is 44.6. The zero-order chi connectivity index (χ0) is 48.0. The zero-order valence-electron chi connectivity index (χ0n) is 43.0. The Morgan fingerprint density at radius 3 is 1.27 bits per heavy atom. The first-order valence-corrected chi connectivity index (χ1v) is 28.2. The van der Waals surface area contributed by atoms with Gasteiger partial charge in [0.05, 0.1) is 25.4 Å². The molecule has 0 bridgehead atoms. The molecule has 1 amide bonds. The van der Waals surface area contributed by atoms with Crippen molar-refractivity contribution in [3.05, 3.63) is 36.5 Å². The first-order chi connectivity index (χ1) is 32.3. The highest BCUT2D eigenvalue weighted by atomic mass is 16.7. The number of ether oxygens (including phenoxy) is 2. The number of hydrogen-bond acceptors (Lipinski definition) is 8. The minimum Gasteiger partial charge on any atom is -0.394 e. The smallest absolute Gasteiger partial charge is 0.220 e. The molecule has 0 aromatic carbocycles. The summed E-state index contributed by atoms with van der Waals surface area (Å²) < 4.78 is 11.2. The van der Waals surface area contributed by atoms with Crippen LogP contribution in [0.3, 0.4) is 0 Å². The van der Waals surface area contributed by atoms with Crippen molar-refractivity contribution in [2.24, 2.45) is 0 Å². The van der Waals surface area contributed by atoms with Gasteiger partial charge in [-0.05, 0) is 57.8 Å². The fourth-order valence-corrected chi connectivity index (χ4v) is 8.93. The normalized spacial score (nSPS) is 20.0. The predicted octanol–water partition coefficient (Wildman–Crippen LogP) is 13.6. The minimum atomic E-state index is -1.57. The predicted molar refractivity (Wildman–Crippen MR) is 276 cm³/mol. The average Bonchev–Trinajstić information content (AvgIpc) is 3.32. The number of carbonyl (C=O) groups is 1. The number of nitrogens with one attached hydrogen (secondary N) is 1. The minimum absolute atomic E-state index is 0.185. The topological polar surface area (TPSA) is 149 Å². The summed E-state index contributed by atoms with van der Waals surface area (Å²) in [6.45, 7) is 3.76. The van der Waals surface area contributed by atoms with Crippen molar-refractivity contribution in [3.63, 3.8) is 0 Å². The molecule has 9 heteroatoms. The first-order valence-electron chi connectivity index (χ1n) is 28.2. The molecule has 1 heterocycles. The molecule has 0 spiro atoms. The van der Waals surface area contributed by atoms with Crippen molar-refractivity contribution in [2.45, 2.75) is 307 Å². The van der Waals surface area contributed by atoms with Crippen molar-refractivity contribution in [1.82, 2.24) is 5.32 Å². The van der Waals surface area contributed by atoms with Gasteiger partial charge in [0.15, 0.2) is 6.29 Å². The summed E-state index contributed by atoms with van der Waals surface area (Å²) in [4.78, 5) is 13.0. The molecule has 388 valence electrons. The third kappa shape index (κ3) is 36.4. The monoisotopic (exact) mass is 934 g/mol. The van der Waals surface area contributed by atoms with E-state index >= 15 is 0 Å². The molecule has 0 aromatic heterocycles. The van der Waals surface area contributed by atoms with E-state index in [-0.39, 0.29) is 12.5 Å². The van der Waals surface area contributed by atoms with Gasteiger partial charge in [-0.15, -0.1) is 0 Å². The molecule has 1 fully saturated rings. The molecular formula is C57H107NO8. The second-order valence-corrected chi connectivity index (χ2v) is 19.7. The van der Waals surface area contributed by atoms with E-state index in [1.165, 1.54) is 205 Å². The number of aliphatic hydroxyl groups excluding tert-OH is 5. The van der Waals surface area contributed by atoms with Crippen LogP contribution < -0.4 is 5.32 Å². The van der Waals surface area contributed by atoms with Crippen LogP contribution in [-0.4, -0.2) is 87.5 Å². The average molecular weight is 934 g/mol. The van der Waals surface area contributed by atoms with E-state index in [0.29, 0.717) is 6.42 Å². The molecule has 1 aliphatic rings. The molecule has 0 aromatic rings. The van der Waals surface area contributed by atoms with Crippen LogP contribution in [0.25, 0.3) is 0 Å². The fourth-order valence-electron chi connectivity index (χ4n) is 8.93. The Labute approximate surface area is 406 Å². The lowest BCUT2D eigenvalue weighted by molar-refractivity contribution is -0.302. The van der Waals surface area contributed by atoms with Crippen LogP contribution in [0.4, 0.5) is 0 Å². The van der Waals surface area contributed by atoms with Gasteiger partial charge in [-0.3, -0.25) is 4.79 Å². The summed E-state index contributed by atoms with van der Waals surface area (Å²) in [7, 11) is 0. The van der Waals surface area contributed by atoms with E-state index < -0.39 is 49.5 Å². The molecule has 7 atom stereocenters. The van der Waals surface area contributed by atoms with Crippen LogP contribution in [0.2, 0.25) is 0 Å². The van der Waals surface area contributed by atoms with Gasteiger partial charge in [0.2, 0.25) is 5.91 Å². The van der Waals surface area contributed by atoms with Crippen molar-refractivity contribution in [2.75, 3.05) is 13.2 Å². The number of allylic oxidation sites excluding steroid dienone is 5. The van der Waals surface area contributed by atoms with Crippen LogP contribution in [0.15, 0.2) is 36.5 Å². The van der Waals surface area contributed by atoms with Crippen LogP contribution >= 0.6 is 0 Å². The van der Waals surface area contributed by atoms with Crippen LogP contribution in [0.5, 0.6) is 0 Å². The maximum absolute atomic E-state index is 13.0. The largest absolute Gasteiger partial charge is 0.394 e. The van der Waals surface area contributed by atoms with E-state index in [2.05, 4.69) is 43.5 Å². The van der Waals surface area contributed by atoms with Gasteiger partial charge in [-0.1, -0.05) is 237 Å². The lowest BCUT2D eigenvalue weighted by Crippen LogP contribution is -2.60. The highest BCUT2D eigenvalue weighted by Crippen LogP contribution is 2.23. The van der Waals surface area contributed by atoms with E-state index in [1.807, 2.05) is 6.08 Å². The van der Waals surface area contributed by atoms with Gasteiger partial charge >= 0.3 is 0 Å². The number of carbonyl (C=O) groups excluding carboxylic acids is 1. The van der Waals surface area contributed by atoms with Crippen LogP contribution in [-0.2, 0) is 14.3 Å². The number of hydrogen-bond donors (Lipinski definition) is 6. The van der Waals surface area contributed by atoms with Crippen molar-refractivity contribution in [1.29, 1.82) is 0 Å². The highest BCUT2D eigenvalue weighted by Gasteiger charge is 2.44. The second kappa shape index (κ2) is 47.1. The van der Waals surface area contributed by atoms with E-state index in [4.69, 9.17) is 9.47 Å². The molecule has 7 unspecified atom stereocenters. The van der Waals surface area contributed by atoms with Gasteiger partial charge < -0.3 is 40.3 Å². The van der Waals surface area contributed by atoms with Gasteiger partial charge in [0, 0.05) is 6.42 Å². The third-order valence-corrected chi connectivity index (χ3v) is 13.4. The Bertz CT molecular complexity index is 1130. The van der Waals surface area contributed by atoms with Crippen LogP contribution in [0.1, 0.15) is 264 Å². The quantitative estimate of drug-likeness (QED) is 0.0261. The SMILES string of the molecule is CCCCCCCC/C=C/CC/C=C/C(O)C(COC1OC(CO)C(O)C(O)C1O)NC(=O)CCCCCCCCCCCCCCCCC/C=C\CCCCCCCCCCCCCC. The van der Waals surface area contributed by atoms with Gasteiger partial charge in [0.1, 0.15) is 24.4 Å². The Morgan fingerprint density at radius 1 is 0.500 bits per heavy atom. The maximum atomic E-state index is 13.0. The number of unbranched alkanes of at least 4 members (excludes halogenated alkanes) is 34. The van der Waals surface area contributed by atoms with E-state index in [1.54, 1.807) is 6.08 Å². The van der Waals surface area contributed by atoms with Crippen molar-refractivity contribution >= 4 is 5.91 Å². The Balaban J connectivity index is 2.13. The molecular weight excluding hydrogens is 827 g/mol. The highest BCUT2D eigenvalue weighted by molar-refractivity contribution is 5.76. The zero-order valence-corrected chi connectivity index (χ0v) is 43.0. The fraction of sp³-hybridized carbons (Fsp3) is 0.877. The molecule has 66 heavy (non-hydrogen) atoms. The molecule has 9 nitrogen and oxygen atoms in total. The number of amides is 1. The molecule has 0 saturated carbocycles. The number of aliphatic hydroxyl groups is 5. The van der Waals surface area contributed by atoms with E-state index in [9.17, 15) is 30.3 Å². The summed E-state index contributed by atoms with van der Waals surface area (Å²) in [6, 6.07) is -0.819. The van der Waals surface area contributed by atoms with Gasteiger partial charge in [-0.25, -0.2) is 0 Å². The molecule has 6 N–H and O–H groups in total. The van der Waals surface area contributed by atoms with Crippen LogP contribution in [0, 0.1) is 0 Å². The Hall–Kier alpha value is -1.59. The van der Waals surface area contributed by atoms with Crippen molar-refractivity contribution in [3.8, 4) is 0 Å². The molecule has 0 aliphatic carbocycles. The molecule has 1 rings (SSSR count). The maximum Gasteiger partial charge on any atom is 0.220 e.